The van der Waals surface area contributed by atoms with Gasteiger partial charge in [0.25, 0.3) is 0 Å². The van der Waals surface area contributed by atoms with Crippen molar-refractivity contribution in [2.75, 3.05) is 6.54 Å². The highest BCUT2D eigenvalue weighted by atomic mass is 16.4. The van der Waals surface area contributed by atoms with Crippen LogP contribution in [0.25, 0.3) is 0 Å². The molecule has 0 aromatic rings. The Balaban J connectivity index is 3.68. The number of carbonyl (C=O) groups is 1. The minimum Gasteiger partial charge on any atom is -0.478 e. The standard InChI is InChI=1S/C11H21NO2/c1-4-5-6-7-8-12-10(3)9(2)11(13)14/h12H,4-8H2,1-3H3,(H,13,14)/b10-9+. The van der Waals surface area contributed by atoms with E-state index in [0.29, 0.717) is 5.57 Å². The highest BCUT2D eigenvalue weighted by molar-refractivity contribution is 5.86. The fourth-order valence-electron chi connectivity index (χ4n) is 1.12. The molecule has 3 nitrogen and oxygen atoms in total. The van der Waals surface area contributed by atoms with Crippen LogP contribution in [0.3, 0.4) is 0 Å². The number of carboxylic acids is 1. The number of carboxylic acid groups (broad SMARTS) is 1. The molecular weight excluding hydrogens is 178 g/mol. The summed E-state index contributed by atoms with van der Waals surface area (Å²) in [4.78, 5) is 10.6. The lowest BCUT2D eigenvalue weighted by Gasteiger charge is -2.07. The first-order chi connectivity index (χ1) is 6.59. The molecule has 0 unspecified atom stereocenters. The van der Waals surface area contributed by atoms with Crippen LogP contribution in [0.4, 0.5) is 0 Å². The molecule has 0 fully saturated rings. The molecular formula is C11H21NO2. The van der Waals surface area contributed by atoms with E-state index >= 15 is 0 Å². The van der Waals surface area contributed by atoms with Crippen molar-refractivity contribution in [2.45, 2.75) is 46.5 Å². The fraction of sp³-hybridized carbons (Fsp3) is 0.727. The summed E-state index contributed by atoms with van der Waals surface area (Å²) in [5.74, 6) is -0.844. The molecule has 0 aromatic carbocycles. The predicted molar refractivity (Wildman–Crippen MR) is 58.2 cm³/mol. The summed E-state index contributed by atoms with van der Waals surface area (Å²) < 4.78 is 0. The van der Waals surface area contributed by atoms with Crippen molar-refractivity contribution in [2.24, 2.45) is 0 Å². The second-order valence-electron chi connectivity index (χ2n) is 3.54. The quantitative estimate of drug-likeness (QED) is 0.489. The third-order valence-electron chi connectivity index (χ3n) is 2.30. The zero-order valence-corrected chi connectivity index (χ0v) is 9.39. The molecule has 0 aliphatic heterocycles. The summed E-state index contributed by atoms with van der Waals surface area (Å²) >= 11 is 0. The van der Waals surface area contributed by atoms with Gasteiger partial charge in [0.2, 0.25) is 0 Å². The summed E-state index contributed by atoms with van der Waals surface area (Å²) in [6.07, 6.45) is 4.80. The first-order valence-electron chi connectivity index (χ1n) is 5.24. The normalized spacial score (nSPS) is 12.2. The van der Waals surface area contributed by atoms with Crippen molar-refractivity contribution in [3.8, 4) is 0 Å². The molecule has 3 heteroatoms. The second kappa shape index (κ2) is 7.42. The van der Waals surface area contributed by atoms with Crippen LogP contribution in [0.5, 0.6) is 0 Å². The molecule has 0 spiro atoms. The fourth-order valence-corrected chi connectivity index (χ4v) is 1.12. The minimum atomic E-state index is -0.844. The van der Waals surface area contributed by atoms with E-state index in [2.05, 4.69) is 12.2 Å². The van der Waals surface area contributed by atoms with Gasteiger partial charge in [-0.25, -0.2) is 4.79 Å². The molecule has 0 aliphatic rings. The van der Waals surface area contributed by atoms with E-state index in [9.17, 15) is 4.79 Å². The summed E-state index contributed by atoms with van der Waals surface area (Å²) in [6, 6.07) is 0. The van der Waals surface area contributed by atoms with Gasteiger partial charge < -0.3 is 10.4 Å². The Kier molecular flexibility index (Phi) is 6.89. The van der Waals surface area contributed by atoms with Gasteiger partial charge in [0.05, 0.1) is 5.57 Å². The van der Waals surface area contributed by atoms with Crippen LogP contribution in [0, 0.1) is 0 Å². The Labute approximate surface area is 86.2 Å². The number of rotatable bonds is 7. The molecule has 0 bridgehead atoms. The average molecular weight is 199 g/mol. The molecule has 0 rings (SSSR count). The highest BCUT2D eigenvalue weighted by Gasteiger charge is 2.03. The van der Waals surface area contributed by atoms with Crippen molar-refractivity contribution in [3.05, 3.63) is 11.3 Å². The largest absolute Gasteiger partial charge is 0.478 e. The van der Waals surface area contributed by atoms with Gasteiger partial charge in [0.15, 0.2) is 0 Å². The van der Waals surface area contributed by atoms with Gasteiger partial charge in [0.1, 0.15) is 0 Å². The Morgan fingerprint density at radius 3 is 2.36 bits per heavy atom. The van der Waals surface area contributed by atoms with E-state index < -0.39 is 5.97 Å². The van der Waals surface area contributed by atoms with E-state index in [1.54, 1.807) is 6.92 Å². The number of hydrogen-bond donors (Lipinski definition) is 2. The van der Waals surface area contributed by atoms with Crippen molar-refractivity contribution >= 4 is 5.97 Å². The Morgan fingerprint density at radius 1 is 1.21 bits per heavy atom. The summed E-state index contributed by atoms with van der Waals surface area (Å²) in [7, 11) is 0. The van der Waals surface area contributed by atoms with Gasteiger partial charge in [-0.15, -0.1) is 0 Å². The first kappa shape index (κ1) is 13.0. The van der Waals surface area contributed by atoms with E-state index in [4.69, 9.17) is 5.11 Å². The molecule has 0 aromatic heterocycles. The summed E-state index contributed by atoms with van der Waals surface area (Å²) in [5, 5.41) is 11.8. The lowest BCUT2D eigenvalue weighted by molar-refractivity contribution is -0.132. The summed E-state index contributed by atoms with van der Waals surface area (Å²) in [5.41, 5.74) is 1.18. The molecule has 0 aliphatic carbocycles. The van der Waals surface area contributed by atoms with Crippen LogP contribution >= 0.6 is 0 Å². The maximum absolute atomic E-state index is 10.6. The smallest absolute Gasteiger partial charge is 0.333 e. The van der Waals surface area contributed by atoms with Crippen LogP contribution in [-0.2, 0) is 4.79 Å². The van der Waals surface area contributed by atoms with Gasteiger partial charge in [-0.05, 0) is 20.3 Å². The molecule has 82 valence electrons. The van der Waals surface area contributed by atoms with E-state index in [-0.39, 0.29) is 0 Å². The molecule has 0 atom stereocenters. The Hall–Kier alpha value is -0.990. The number of aliphatic carboxylic acids is 1. The van der Waals surface area contributed by atoms with Crippen molar-refractivity contribution in [1.29, 1.82) is 0 Å². The van der Waals surface area contributed by atoms with Gasteiger partial charge in [0, 0.05) is 12.2 Å². The lowest BCUT2D eigenvalue weighted by Crippen LogP contribution is -2.16. The molecule has 0 radical (unpaired) electrons. The first-order valence-corrected chi connectivity index (χ1v) is 5.24. The van der Waals surface area contributed by atoms with Gasteiger partial charge >= 0.3 is 5.97 Å². The van der Waals surface area contributed by atoms with Crippen molar-refractivity contribution < 1.29 is 9.90 Å². The topological polar surface area (TPSA) is 49.3 Å². The minimum absolute atomic E-state index is 0.403. The van der Waals surface area contributed by atoms with Crippen LogP contribution < -0.4 is 5.32 Å². The molecule has 0 saturated carbocycles. The third kappa shape index (κ3) is 5.62. The SMILES string of the molecule is CCCCCCN/C(C)=C(\C)C(=O)O. The van der Waals surface area contributed by atoms with Crippen LogP contribution in [0.15, 0.2) is 11.3 Å². The zero-order valence-electron chi connectivity index (χ0n) is 9.39. The maximum atomic E-state index is 10.6. The molecule has 0 amide bonds. The number of hydrogen-bond acceptors (Lipinski definition) is 2. The van der Waals surface area contributed by atoms with Gasteiger partial charge in [-0.1, -0.05) is 26.2 Å². The number of allylic oxidation sites excluding steroid dienone is 1. The molecule has 14 heavy (non-hydrogen) atoms. The van der Waals surface area contributed by atoms with Crippen LogP contribution in [0.2, 0.25) is 0 Å². The zero-order chi connectivity index (χ0) is 11.0. The monoisotopic (exact) mass is 199 g/mol. The highest BCUT2D eigenvalue weighted by Crippen LogP contribution is 2.01. The predicted octanol–water partition coefficient (Wildman–Crippen LogP) is 2.53. The van der Waals surface area contributed by atoms with E-state index in [0.717, 1.165) is 18.7 Å². The van der Waals surface area contributed by atoms with Crippen molar-refractivity contribution in [1.82, 2.24) is 5.32 Å². The molecule has 0 saturated heterocycles. The van der Waals surface area contributed by atoms with Crippen LogP contribution in [0.1, 0.15) is 46.5 Å². The number of unbranched alkanes of at least 4 members (excludes halogenated alkanes) is 3. The van der Waals surface area contributed by atoms with Gasteiger partial charge in [-0.3, -0.25) is 0 Å². The van der Waals surface area contributed by atoms with E-state index in [1.165, 1.54) is 19.3 Å². The summed E-state index contributed by atoms with van der Waals surface area (Å²) in [6.45, 7) is 6.48. The molecule has 2 N–H and O–H groups in total. The van der Waals surface area contributed by atoms with Crippen molar-refractivity contribution in [3.63, 3.8) is 0 Å². The third-order valence-corrected chi connectivity index (χ3v) is 2.30. The van der Waals surface area contributed by atoms with E-state index in [1.807, 2.05) is 6.92 Å². The maximum Gasteiger partial charge on any atom is 0.333 e. The average Bonchev–Trinajstić information content (AvgIpc) is 2.16. The lowest BCUT2D eigenvalue weighted by atomic mass is 10.2. The molecule has 0 heterocycles. The van der Waals surface area contributed by atoms with Gasteiger partial charge in [-0.2, -0.15) is 0 Å². The van der Waals surface area contributed by atoms with Crippen LogP contribution in [-0.4, -0.2) is 17.6 Å². The Morgan fingerprint density at radius 2 is 1.86 bits per heavy atom. The Bertz CT molecular complexity index is 209. The number of nitrogens with one attached hydrogen (secondary N) is 1. The second-order valence-corrected chi connectivity index (χ2v) is 3.54.